The van der Waals surface area contributed by atoms with Crippen LogP contribution in [-0.2, 0) is 26.0 Å². The quantitative estimate of drug-likeness (QED) is 0.327. The molecule has 0 aromatic heterocycles. The standard InChI is InChI=1S/C29H30F2N2O4S/c1-3-25(4-2)33(26-16-14-24(31)15-17-26)29(35)27(20-22-10-12-23(30)13-11-22)28(34)32-38(36,37)19-18-21-8-6-5-7-9-21/h5-19,25,27H,3-4,20H2,1-2H3,(H,32,34). The summed E-state index contributed by atoms with van der Waals surface area (Å²) in [6.07, 6.45) is 2.26. The topological polar surface area (TPSA) is 83.6 Å². The Kier molecular flexibility index (Phi) is 9.90. The first kappa shape index (κ1) is 28.7. The zero-order chi connectivity index (χ0) is 27.7. The molecule has 2 amide bonds. The van der Waals surface area contributed by atoms with Crippen molar-refractivity contribution in [3.8, 4) is 0 Å². The number of anilines is 1. The second kappa shape index (κ2) is 13.1. The van der Waals surface area contributed by atoms with Crippen molar-refractivity contribution < 1.29 is 26.8 Å². The van der Waals surface area contributed by atoms with Crippen molar-refractivity contribution in [2.24, 2.45) is 5.92 Å². The molecule has 0 spiro atoms. The molecule has 6 nitrogen and oxygen atoms in total. The van der Waals surface area contributed by atoms with Crippen molar-refractivity contribution in [2.75, 3.05) is 4.90 Å². The number of carbonyl (C=O) groups excluding carboxylic acids is 2. The van der Waals surface area contributed by atoms with E-state index in [4.69, 9.17) is 0 Å². The normalized spacial score (nSPS) is 12.4. The minimum atomic E-state index is -4.24. The molecule has 0 fully saturated rings. The predicted molar refractivity (Wildman–Crippen MR) is 144 cm³/mol. The van der Waals surface area contributed by atoms with Crippen LogP contribution in [0.4, 0.5) is 14.5 Å². The van der Waals surface area contributed by atoms with Gasteiger partial charge in [0, 0.05) is 11.7 Å². The van der Waals surface area contributed by atoms with Crippen LogP contribution in [0, 0.1) is 17.6 Å². The van der Waals surface area contributed by atoms with Crippen LogP contribution < -0.4 is 9.62 Å². The molecule has 3 aromatic carbocycles. The summed E-state index contributed by atoms with van der Waals surface area (Å²) in [5.41, 5.74) is 1.47. The molecule has 200 valence electrons. The van der Waals surface area contributed by atoms with Gasteiger partial charge in [-0.3, -0.25) is 9.59 Å². The van der Waals surface area contributed by atoms with E-state index >= 15 is 0 Å². The molecular formula is C29H30F2N2O4S. The molecule has 0 bridgehead atoms. The van der Waals surface area contributed by atoms with Gasteiger partial charge in [-0.2, -0.15) is 0 Å². The average Bonchev–Trinajstić information content (AvgIpc) is 2.91. The number of amides is 2. The number of nitrogens with zero attached hydrogens (tertiary/aromatic N) is 1. The van der Waals surface area contributed by atoms with Crippen molar-refractivity contribution in [2.45, 2.75) is 39.2 Å². The smallest absolute Gasteiger partial charge is 0.257 e. The van der Waals surface area contributed by atoms with Gasteiger partial charge in [-0.05, 0) is 72.9 Å². The Bertz CT molecular complexity index is 1360. The Morgan fingerprint density at radius 3 is 1.97 bits per heavy atom. The monoisotopic (exact) mass is 540 g/mol. The molecule has 0 heterocycles. The van der Waals surface area contributed by atoms with E-state index in [9.17, 15) is 26.8 Å². The molecular weight excluding hydrogens is 510 g/mol. The van der Waals surface area contributed by atoms with E-state index in [-0.39, 0.29) is 12.5 Å². The van der Waals surface area contributed by atoms with Crippen LogP contribution in [0.3, 0.4) is 0 Å². The summed E-state index contributed by atoms with van der Waals surface area (Å²) in [4.78, 5) is 28.7. The highest BCUT2D eigenvalue weighted by molar-refractivity contribution is 7.93. The van der Waals surface area contributed by atoms with Crippen molar-refractivity contribution in [1.29, 1.82) is 0 Å². The van der Waals surface area contributed by atoms with Crippen molar-refractivity contribution in [1.82, 2.24) is 4.72 Å². The van der Waals surface area contributed by atoms with Crippen LogP contribution in [0.25, 0.3) is 6.08 Å². The highest BCUT2D eigenvalue weighted by atomic mass is 32.2. The first-order valence-corrected chi connectivity index (χ1v) is 13.8. The Morgan fingerprint density at radius 1 is 0.868 bits per heavy atom. The summed E-state index contributed by atoms with van der Waals surface area (Å²) in [5.74, 6) is -4.09. The zero-order valence-electron chi connectivity index (χ0n) is 21.2. The van der Waals surface area contributed by atoms with E-state index in [1.54, 1.807) is 30.3 Å². The Morgan fingerprint density at radius 2 is 1.42 bits per heavy atom. The van der Waals surface area contributed by atoms with E-state index in [0.29, 0.717) is 29.7 Å². The number of halogens is 2. The first-order valence-electron chi connectivity index (χ1n) is 12.3. The molecule has 3 rings (SSSR count). The van der Waals surface area contributed by atoms with Crippen molar-refractivity contribution in [3.63, 3.8) is 0 Å². The molecule has 0 aliphatic heterocycles. The number of hydrogen-bond donors (Lipinski definition) is 1. The van der Waals surface area contributed by atoms with Gasteiger partial charge in [0.05, 0.1) is 5.41 Å². The third-order valence-corrected chi connectivity index (χ3v) is 7.08. The Balaban J connectivity index is 1.97. The Hall–Kier alpha value is -3.85. The van der Waals surface area contributed by atoms with Gasteiger partial charge in [0.1, 0.15) is 17.6 Å². The fraction of sp³-hybridized carbons (Fsp3) is 0.241. The number of hydrogen-bond acceptors (Lipinski definition) is 4. The summed E-state index contributed by atoms with van der Waals surface area (Å²) in [6.45, 7) is 3.76. The summed E-state index contributed by atoms with van der Waals surface area (Å²) in [7, 11) is -4.24. The van der Waals surface area contributed by atoms with Crippen LogP contribution >= 0.6 is 0 Å². The molecule has 0 saturated carbocycles. The predicted octanol–water partition coefficient (Wildman–Crippen LogP) is 5.46. The maximum absolute atomic E-state index is 14.0. The highest BCUT2D eigenvalue weighted by Crippen LogP contribution is 2.25. The van der Waals surface area contributed by atoms with Crippen LogP contribution in [-0.4, -0.2) is 26.3 Å². The minimum Gasteiger partial charge on any atom is -0.309 e. The lowest BCUT2D eigenvalue weighted by atomic mass is 9.95. The number of rotatable bonds is 11. The van der Waals surface area contributed by atoms with Gasteiger partial charge in [0.2, 0.25) is 11.8 Å². The molecule has 0 aliphatic carbocycles. The molecule has 1 N–H and O–H groups in total. The minimum absolute atomic E-state index is 0.166. The van der Waals surface area contributed by atoms with Crippen molar-refractivity contribution in [3.05, 3.63) is 107 Å². The largest absolute Gasteiger partial charge is 0.309 e. The number of carbonyl (C=O) groups is 2. The number of benzene rings is 3. The number of sulfonamides is 1. The van der Waals surface area contributed by atoms with Gasteiger partial charge in [-0.1, -0.05) is 56.3 Å². The second-order valence-corrected chi connectivity index (χ2v) is 10.3. The molecule has 0 aliphatic rings. The van der Waals surface area contributed by atoms with Crippen LogP contribution in [0.2, 0.25) is 0 Å². The molecule has 0 radical (unpaired) electrons. The van der Waals surface area contributed by atoms with Gasteiger partial charge in [0.15, 0.2) is 0 Å². The summed E-state index contributed by atoms with van der Waals surface area (Å²) >= 11 is 0. The Labute approximate surface area is 222 Å². The lowest BCUT2D eigenvalue weighted by Crippen LogP contribution is -2.49. The van der Waals surface area contributed by atoms with E-state index in [1.807, 2.05) is 18.6 Å². The summed E-state index contributed by atoms with van der Waals surface area (Å²) in [5, 5.41) is 0.859. The average molecular weight is 541 g/mol. The van der Waals surface area contributed by atoms with Crippen LogP contribution in [0.5, 0.6) is 0 Å². The fourth-order valence-corrected chi connectivity index (χ4v) is 4.89. The SMILES string of the molecule is CCC(CC)N(C(=O)C(Cc1ccc(F)cc1)C(=O)NS(=O)(=O)C=Cc1ccccc1)c1ccc(F)cc1. The fourth-order valence-electron chi connectivity index (χ4n) is 4.07. The second-order valence-electron chi connectivity index (χ2n) is 8.76. The van der Waals surface area contributed by atoms with E-state index in [0.717, 1.165) is 5.41 Å². The summed E-state index contributed by atoms with van der Waals surface area (Å²) in [6, 6.07) is 18.9. The van der Waals surface area contributed by atoms with Gasteiger partial charge >= 0.3 is 0 Å². The van der Waals surface area contributed by atoms with Crippen LogP contribution in [0.1, 0.15) is 37.8 Å². The maximum Gasteiger partial charge on any atom is 0.257 e. The molecule has 3 aromatic rings. The van der Waals surface area contributed by atoms with Gasteiger partial charge < -0.3 is 4.90 Å². The highest BCUT2D eigenvalue weighted by Gasteiger charge is 2.35. The van der Waals surface area contributed by atoms with Crippen LogP contribution in [0.15, 0.2) is 84.3 Å². The van der Waals surface area contributed by atoms with Gasteiger partial charge in [0.25, 0.3) is 10.0 Å². The van der Waals surface area contributed by atoms with Gasteiger partial charge in [-0.15, -0.1) is 0 Å². The third-order valence-electron chi connectivity index (χ3n) is 6.10. The molecule has 1 unspecified atom stereocenters. The third kappa shape index (κ3) is 7.82. The molecule has 9 heteroatoms. The van der Waals surface area contributed by atoms with Crippen molar-refractivity contribution >= 4 is 33.6 Å². The number of nitrogens with one attached hydrogen (secondary N) is 1. The van der Waals surface area contributed by atoms with E-state index < -0.39 is 39.4 Å². The zero-order valence-corrected chi connectivity index (χ0v) is 22.0. The lowest BCUT2D eigenvalue weighted by Gasteiger charge is -2.33. The molecule has 0 saturated heterocycles. The maximum atomic E-state index is 14.0. The van der Waals surface area contributed by atoms with Gasteiger partial charge in [-0.25, -0.2) is 21.9 Å². The first-order chi connectivity index (χ1) is 18.1. The molecule has 38 heavy (non-hydrogen) atoms. The molecule has 1 atom stereocenters. The van der Waals surface area contributed by atoms with E-state index in [1.165, 1.54) is 59.5 Å². The lowest BCUT2D eigenvalue weighted by molar-refractivity contribution is -0.133. The van der Waals surface area contributed by atoms with E-state index in [2.05, 4.69) is 0 Å². The summed E-state index contributed by atoms with van der Waals surface area (Å²) < 4.78 is 54.6.